The van der Waals surface area contributed by atoms with Crippen molar-refractivity contribution < 1.29 is 13.2 Å². The quantitative estimate of drug-likeness (QED) is 0.0999. The third-order valence-corrected chi connectivity index (χ3v) is 14.2. The lowest BCUT2D eigenvalue weighted by Crippen LogP contribution is -2.17. The molecule has 0 aliphatic rings. The predicted octanol–water partition coefficient (Wildman–Crippen LogP) is 16.2. The molecule has 0 heterocycles. The van der Waals surface area contributed by atoms with E-state index < -0.39 is 24.2 Å². The molecule has 0 nitrogen and oxygen atoms in total. The number of benzene rings is 7. The molecule has 0 amide bonds. The number of hydrogen-bond acceptors (Lipinski definition) is 0. The van der Waals surface area contributed by atoms with E-state index in [1.54, 1.807) is 36.4 Å². The number of hydrogen-bond donors (Lipinski definition) is 0. The van der Waals surface area contributed by atoms with Gasteiger partial charge in [-0.3, -0.25) is 0 Å². The van der Waals surface area contributed by atoms with Gasteiger partial charge in [0.15, 0.2) is 0 Å². The first-order valence-electron chi connectivity index (χ1n) is 23.2. The number of halogens is 3. The summed E-state index contributed by atoms with van der Waals surface area (Å²) in [5.41, 5.74) is 20.5. The third kappa shape index (κ3) is 14.9. The molecule has 342 valence electrons. The maximum atomic E-state index is 14.4. The van der Waals surface area contributed by atoms with E-state index in [1.807, 2.05) is 72.8 Å². The molecular formula is C63H57F3Si3. The summed E-state index contributed by atoms with van der Waals surface area (Å²) in [4.78, 5) is 0. The summed E-state index contributed by atoms with van der Waals surface area (Å²) in [7, 11) is -4.99. The summed E-state index contributed by atoms with van der Waals surface area (Å²) in [5, 5.41) is 0. The van der Waals surface area contributed by atoms with Crippen molar-refractivity contribution in [2.75, 3.05) is 0 Å². The molecule has 0 bridgehead atoms. The lowest BCUT2D eigenvalue weighted by Gasteiger charge is -2.16. The maximum Gasteiger partial charge on any atom is 0.123 e. The van der Waals surface area contributed by atoms with E-state index in [9.17, 15) is 13.2 Å². The van der Waals surface area contributed by atoms with Gasteiger partial charge in [0.05, 0.1) is 24.2 Å². The summed E-state index contributed by atoms with van der Waals surface area (Å²) in [6, 6.07) is 50.7. The van der Waals surface area contributed by atoms with E-state index >= 15 is 0 Å². The van der Waals surface area contributed by atoms with Crippen molar-refractivity contribution in [3.8, 4) is 35.5 Å². The SMILES string of the molecule is C[Si](C)(C)/C=C(\c1ccc(C#Cc2cc(C#Cc3ccc(/C(=C\[Si](C)(C)C)c4cccc(F)c4)cc3)cc(C#Cc3ccc(/C(=C\[Si](C)(C)C)c4cccc(F)c4)cc3)c2)cc1)c1cccc(F)c1. The van der Waals surface area contributed by atoms with Crippen LogP contribution in [-0.2, 0) is 0 Å². The Morgan fingerprint density at radius 1 is 0.290 bits per heavy atom. The Labute approximate surface area is 411 Å². The fraction of sp³-hybridized carbons (Fsp3) is 0.143. The van der Waals surface area contributed by atoms with E-state index in [0.717, 1.165) is 83.5 Å². The van der Waals surface area contributed by atoms with Crippen LogP contribution in [-0.4, -0.2) is 24.2 Å². The molecule has 6 heteroatoms. The standard InChI is InChI=1S/C63H57F3Si3/c1-67(2,3)43-61(55-13-10-16-58(64)40-55)52-31-25-46(26-32-52)19-22-49-37-50(23-20-47-27-33-53(34-28-47)62(44-68(4,5)6)56-14-11-17-59(65)41-56)39-51(38-49)24-21-48-29-35-54(36-30-48)63(45-69(7,8)9)57-15-12-18-60(66)42-57/h10-18,25-45H,1-9H3/b61-43+,62-44+,63-45+. The Morgan fingerprint density at radius 3 is 0.739 bits per heavy atom. The lowest BCUT2D eigenvalue weighted by atomic mass is 9.98. The van der Waals surface area contributed by atoms with Crippen molar-refractivity contribution in [3.63, 3.8) is 0 Å². The molecule has 0 saturated carbocycles. The molecule has 7 aromatic rings. The van der Waals surface area contributed by atoms with Crippen molar-refractivity contribution in [1.82, 2.24) is 0 Å². The van der Waals surface area contributed by atoms with Gasteiger partial charge in [0.2, 0.25) is 0 Å². The summed E-state index contributed by atoms with van der Waals surface area (Å²) < 4.78 is 43.1. The Morgan fingerprint density at radius 2 is 0.522 bits per heavy atom. The minimum absolute atomic E-state index is 0.258. The Balaban J connectivity index is 1.23. The Kier molecular flexibility index (Phi) is 15.5. The van der Waals surface area contributed by atoms with E-state index in [-0.39, 0.29) is 17.5 Å². The molecule has 0 N–H and O–H groups in total. The fourth-order valence-corrected chi connectivity index (χ4v) is 11.3. The zero-order valence-corrected chi connectivity index (χ0v) is 44.0. The smallest absolute Gasteiger partial charge is 0.123 e. The van der Waals surface area contributed by atoms with Gasteiger partial charge in [0.25, 0.3) is 0 Å². The normalized spacial score (nSPS) is 12.3. The highest BCUT2D eigenvalue weighted by Crippen LogP contribution is 2.30. The average molecular weight is 955 g/mol. The van der Waals surface area contributed by atoms with E-state index in [1.165, 1.54) is 18.2 Å². The van der Waals surface area contributed by atoms with Crippen LogP contribution < -0.4 is 0 Å². The molecule has 7 rings (SSSR count). The van der Waals surface area contributed by atoms with Crippen LogP contribution in [0.4, 0.5) is 13.2 Å². The number of rotatable bonds is 9. The van der Waals surface area contributed by atoms with Gasteiger partial charge in [0, 0.05) is 33.4 Å². The molecule has 0 aliphatic carbocycles. The predicted molar refractivity (Wildman–Crippen MR) is 294 cm³/mol. The topological polar surface area (TPSA) is 0 Å². The van der Waals surface area contributed by atoms with E-state index in [2.05, 4.69) is 148 Å². The van der Waals surface area contributed by atoms with E-state index in [0.29, 0.717) is 0 Å². The van der Waals surface area contributed by atoms with Crippen LogP contribution in [0.3, 0.4) is 0 Å². The second kappa shape index (κ2) is 21.5. The summed E-state index contributed by atoms with van der Waals surface area (Å²) in [6.07, 6.45) is 0. The molecule has 0 aromatic heterocycles. The van der Waals surface area contributed by atoms with Gasteiger partial charge in [-0.15, -0.1) is 0 Å². The van der Waals surface area contributed by atoms with Gasteiger partial charge in [-0.2, -0.15) is 0 Å². The minimum atomic E-state index is -1.66. The van der Waals surface area contributed by atoms with Crippen molar-refractivity contribution in [2.24, 2.45) is 0 Å². The zero-order valence-electron chi connectivity index (χ0n) is 41.0. The van der Waals surface area contributed by atoms with Crippen molar-refractivity contribution >= 4 is 40.9 Å². The van der Waals surface area contributed by atoms with Crippen LogP contribution in [0.2, 0.25) is 58.9 Å². The largest absolute Gasteiger partial charge is 0.207 e. The monoisotopic (exact) mass is 954 g/mol. The fourth-order valence-electron chi connectivity index (χ4n) is 7.74. The van der Waals surface area contributed by atoms with Crippen molar-refractivity contribution in [2.45, 2.75) is 58.9 Å². The second-order valence-corrected chi connectivity index (χ2v) is 35.6. The molecule has 69 heavy (non-hydrogen) atoms. The zero-order chi connectivity index (χ0) is 49.3. The first-order chi connectivity index (χ1) is 32.7. The van der Waals surface area contributed by atoms with Crippen LogP contribution in [0.1, 0.15) is 66.8 Å². The van der Waals surface area contributed by atoms with Crippen LogP contribution in [0.25, 0.3) is 16.7 Å². The summed E-state index contributed by atoms with van der Waals surface area (Å²) in [5.74, 6) is 19.4. The van der Waals surface area contributed by atoms with Crippen LogP contribution in [0.15, 0.2) is 181 Å². The Bertz CT molecular complexity index is 2920. The minimum Gasteiger partial charge on any atom is -0.207 e. The highest BCUT2D eigenvalue weighted by molar-refractivity contribution is 6.82. The second-order valence-electron chi connectivity index (χ2n) is 20.6. The lowest BCUT2D eigenvalue weighted by molar-refractivity contribution is 0.627. The third-order valence-electron chi connectivity index (χ3n) is 10.7. The molecule has 0 atom stereocenters. The van der Waals surface area contributed by atoms with E-state index in [4.69, 9.17) is 0 Å². The summed E-state index contributed by atoms with van der Waals surface area (Å²) >= 11 is 0. The first kappa shape index (κ1) is 49.8. The maximum absolute atomic E-state index is 14.4. The van der Waals surface area contributed by atoms with Crippen LogP contribution in [0, 0.1) is 53.0 Å². The molecule has 0 saturated heterocycles. The molecule has 0 unspecified atom stereocenters. The van der Waals surface area contributed by atoms with Gasteiger partial charge in [-0.25, -0.2) is 13.2 Å². The molecule has 7 aromatic carbocycles. The highest BCUT2D eigenvalue weighted by Gasteiger charge is 2.17. The van der Waals surface area contributed by atoms with Gasteiger partial charge >= 0.3 is 0 Å². The Hall–Kier alpha value is -7.12. The molecule has 0 fully saturated rings. The highest BCUT2D eigenvalue weighted by atomic mass is 28.3. The van der Waals surface area contributed by atoms with Crippen LogP contribution >= 0.6 is 0 Å². The molecule has 0 radical (unpaired) electrons. The first-order valence-corrected chi connectivity index (χ1v) is 33.9. The van der Waals surface area contributed by atoms with Crippen molar-refractivity contribution in [3.05, 3.63) is 265 Å². The van der Waals surface area contributed by atoms with Gasteiger partial charge in [-0.05, 0) is 141 Å². The average Bonchev–Trinajstić information content (AvgIpc) is 3.29. The van der Waals surface area contributed by atoms with Crippen molar-refractivity contribution in [1.29, 1.82) is 0 Å². The molecule has 0 spiro atoms. The van der Waals surface area contributed by atoms with Gasteiger partial charge in [-0.1, -0.05) is 184 Å². The summed E-state index contributed by atoms with van der Waals surface area (Å²) in [6.45, 7) is 20.4. The van der Waals surface area contributed by atoms with Gasteiger partial charge < -0.3 is 0 Å². The molecule has 0 aliphatic heterocycles. The molecular weight excluding hydrogens is 898 g/mol. The van der Waals surface area contributed by atoms with Crippen LogP contribution in [0.5, 0.6) is 0 Å². The van der Waals surface area contributed by atoms with Gasteiger partial charge in [0.1, 0.15) is 17.5 Å².